The molecule has 0 bridgehead atoms. The minimum absolute atomic E-state index is 0.0522. The van der Waals surface area contributed by atoms with E-state index in [0.717, 1.165) is 26.5 Å². The molecule has 0 spiro atoms. The quantitative estimate of drug-likeness (QED) is 0.708. The number of benzene rings is 1. The van der Waals surface area contributed by atoms with Crippen molar-refractivity contribution in [2.45, 2.75) is 0 Å². The van der Waals surface area contributed by atoms with Gasteiger partial charge in [0.25, 0.3) is 0 Å². The molecule has 0 aliphatic carbocycles. The fraction of sp³-hybridized carbons (Fsp3) is 0. The highest BCUT2D eigenvalue weighted by Gasteiger charge is 2.21. The van der Waals surface area contributed by atoms with Crippen molar-refractivity contribution in [2.75, 3.05) is 5.43 Å². The molecule has 3 aromatic rings. The van der Waals surface area contributed by atoms with Gasteiger partial charge in [0.1, 0.15) is 4.88 Å². The van der Waals surface area contributed by atoms with Crippen molar-refractivity contribution in [1.82, 2.24) is 4.68 Å². The lowest BCUT2D eigenvalue weighted by atomic mass is 10.2. The van der Waals surface area contributed by atoms with E-state index in [4.69, 9.17) is 0 Å². The van der Waals surface area contributed by atoms with Crippen molar-refractivity contribution in [3.63, 3.8) is 0 Å². The molecule has 1 aromatic carbocycles. The van der Waals surface area contributed by atoms with Gasteiger partial charge in [0.05, 0.1) is 5.69 Å². The number of hydrogen-bond acceptors (Lipinski definition) is 5. The zero-order valence-electron chi connectivity index (χ0n) is 9.99. The first-order valence-corrected chi connectivity index (χ1v) is 6.47. The molecule has 2 aromatic heterocycles. The summed E-state index contributed by atoms with van der Waals surface area (Å²) in [5.41, 5.74) is 2.28. The maximum absolute atomic E-state index is 11.2. The second-order valence-electron chi connectivity index (χ2n) is 4.08. The summed E-state index contributed by atoms with van der Waals surface area (Å²) in [4.78, 5) is 33.9. The lowest BCUT2D eigenvalue weighted by Crippen LogP contribution is -2.09. The maximum Gasteiger partial charge on any atom is 0.348 e. The Hall–Kier alpha value is -2.67. The summed E-state index contributed by atoms with van der Waals surface area (Å²) in [6, 6.07) is 10.9. The highest BCUT2D eigenvalue weighted by Crippen LogP contribution is 2.34. The summed E-state index contributed by atoms with van der Waals surface area (Å²) in [5.74, 6) is -1.11. The summed E-state index contributed by atoms with van der Waals surface area (Å²) in [7, 11) is 0. The molecule has 100 valence electrons. The van der Waals surface area contributed by atoms with Crippen molar-refractivity contribution in [3.05, 3.63) is 62.0 Å². The number of hydrogen-bond donors (Lipinski definition) is 2. The lowest BCUT2D eigenvalue weighted by molar-refractivity contribution is 0.0703. The van der Waals surface area contributed by atoms with Crippen molar-refractivity contribution in [1.29, 1.82) is 0 Å². The smallest absolute Gasteiger partial charge is 0.348 e. The van der Waals surface area contributed by atoms with E-state index in [0.29, 0.717) is 0 Å². The van der Waals surface area contributed by atoms with Gasteiger partial charge in [0.15, 0.2) is 0 Å². The standard InChI is InChI=1S/C13H8N2O4S/c16-11-12(17)15(11)14-8-6-9(20-10(8)13(18)19)7-4-2-1-3-5-7/h1-6,14H,(H,18,19). The Labute approximate surface area is 116 Å². The van der Waals surface area contributed by atoms with Crippen molar-refractivity contribution in [3.8, 4) is 10.4 Å². The van der Waals surface area contributed by atoms with Gasteiger partial charge in [-0.3, -0.25) is 15.0 Å². The van der Waals surface area contributed by atoms with Gasteiger partial charge in [0.2, 0.25) is 0 Å². The van der Waals surface area contributed by atoms with Crippen molar-refractivity contribution in [2.24, 2.45) is 0 Å². The Kier molecular flexibility index (Phi) is 2.76. The highest BCUT2D eigenvalue weighted by atomic mass is 32.1. The summed E-state index contributed by atoms with van der Waals surface area (Å²) in [6.45, 7) is 0. The Balaban J connectivity index is 2.03. The molecular weight excluding hydrogens is 280 g/mol. The number of rotatable bonds is 4. The van der Waals surface area contributed by atoms with Crippen LogP contribution in [0.25, 0.3) is 10.4 Å². The number of thiophene rings is 1. The largest absolute Gasteiger partial charge is 0.477 e. The third-order valence-corrected chi connectivity index (χ3v) is 3.93. The van der Waals surface area contributed by atoms with Crippen LogP contribution in [0.2, 0.25) is 0 Å². The van der Waals surface area contributed by atoms with Gasteiger partial charge in [-0.15, -0.1) is 11.3 Å². The predicted octanol–water partition coefficient (Wildman–Crippen LogP) is 1.39. The van der Waals surface area contributed by atoms with Gasteiger partial charge in [-0.05, 0) is 11.6 Å². The van der Waals surface area contributed by atoms with E-state index in [-0.39, 0.29) is 10.6 Å². The topological polar surface area (TPSA) is 88.4 Å². The van der Waals surface area contributed by atoms with E-state index in [1.165, 1.54) is 0 Å². The fourth-order valence-corrected chi connectivity index (χ4v) is 2.69. The number of carboxylic acids is 1. The summed E-state index contributed by atoms with van der Waals surface area (Å²) in [5, 5.41) is 9.17. The third-order valence-electron chi connectivity index (χ3n) is 2.76. The van der Waals surface area contributed by atoms with Gasteiger partial charge in [-0.25, -0.2) is 4.79 Å². The third kappa shape index (κ3) is 2.04. The lowest BCUT2D eigenvalue weighted by Gasteiger charge is -1.98. The van der Waals surface area contributed by atoms with Gasteiger partial charge in [0, 0.05) is 4.88 Å². The average Bonchev–Trinajstić information content (AvgIpc) is 2.88. The normalized spacial score (nSPS) is 10.8. The molecule has 0 aliphatic heterocycles. The van der Waals surface area contributed by atoms with Crippen LogP contribution in [0.5, 0.6) is 0 Å². The van der Waals surface area contributed by atoms with E-state index in [2.05, 4.69) is 5.43 Å². The summed E-state index contributed by atoms with van der Waals surface area (Å²) in [6.07, 6.45) is 0. The monoisotopic (exact) mass is 288 g/mol. The van der Waals surface area contributed by atoms with Crippen LogP contribution >= 0.6 is 11.3 Å². The molecule has 2 N–H and O–H groups in total. The number of anilines is 1. The zero-order valence-corrected chi connectivity index (χ0v) is 10.8. The van der Waals surface area contributed by atoms with Gasteiger partial charge in [-0.1, -0.05) is 30.3 Å². The minimum atomic E-state index is -1.11. The van der Waals surface area contributed by atoms with Crippen LogP contribution in [0.4, 0.5) is 5.69 Å². The van der Waals surface area contributed by atoms with Gasteiger partial charge < -0.3 is 5.11 Å². The number of carbonyl (C=O) groups is 1. The van der Waals surface area contributed by atoms with Crippen LogP contribution in [0.3, 0.4) is 0 Å². The molecule has 20 heavy (non-hydrogen) atoms. The van der Waals surface area contributed by atoms with Crippen LogP contribution in [0.15, 0.2) is 46.0 Å². The number of carboxylic acid groups (broad SMARTS) is 1. The number of aromatic carboxylic acids is 1. The minimum Gasteiger partial charge on any atom is -0.477 e. The summed E-state index contributed by atoms with van der Waals surface area (Å²) < 4.78 is 0.781. The zero-order chi connectivity index (χ0) is 14.3. The number of nitrogens with zero attached hydrogens (tertiary/aromatic N) is 1. The first-order chi connectivity index (χ1) is 9.58. The first kappa shape index (κ1) is 12.4. The molecule has 7 heteroatoms. The molecule has 0 radical (unpaired) electrons. The van der Waals surface area contributed by atoms with Crippen molar-refractivity contribution >= 4 is 23.0 Å². The molecular formula is C13H8N2O4S. The van der Waals surface area contributed by atoms with Crippen molar-refractivity contribution < 1.29 is 9.90 Å². The Morgan fingerprint density at radius 2 is 1.80 bits per heavy atom. The van der Waals surface area contributed by atoms with E-state index in [1.54, 1.807) is 6.07 Å². The molecule has 0 unspecified atom stereocenters. The SMILES string of the molecule is O=C(O)c1sc(-c2ccccc2)cc1Nn1c(=O)c1=O. The van der Waals surface area contributed by atoms with E-state index >= 15 is 0 Å². The van der Waals surface area contributed by atoms with E-state index < -0.39 is 17.1 Å². The molecule has 0 aliphatic rings. The molecule has 2 heterocycles. The summed E-state index contributed by atoms with van der Waals surface area (Å²) >= 11 is 1.08. The maximum atomic E-state index is 11.2. The molecule has 0 atom stereocenters. The molecule has 3 rings (SSSR count). The number of aromatic nitrogens is 1. The van der Waals surface area contributed by atoms with Crippen LogP contribution in [-0.2, 0) is 0 Å². The average molecular weight is 288 g/mol. The molecule has 0 saturated carbocycles. The molecule has 6 nitrogen and oxygen atoms in total. The van der Waals surface area contributed by atoms with Crippen LogP contribution < -0.4 is 16.5 Å². The van der Waals surface area contributed by atoms with Gasteiger partial charge >= 0.3 is 17.1 Å². The van der Waals surface area contributed by atoms with E-state index in [9.17, 15) is 19.5 Å². The Morgan fingerprint density at radius 3 is 2.35 bits per heavy atom. The van der Waals surface area contributed by atoms with Crippen LogP contribution in [0.1, 0.15) is 9.67 Å². The second-order valence-corrected chi connectivity index (χ2v) is 5.13. The number of nitrogens with one attached hydrogen (secondary N) is 1. The first-order valence-electron chi connectivity index (χ1n) is 5.65. The Morgan fingerprint density at radius 1 is 1.15 bits per heavy atom. The second kappa shape index (κ2) is 4.46. The van der Waals surface area contributed by atoms with Crippen LogP contribution in [-0.4, -0.2) is 15.8 Å². The highest BCUT2D eigenvalue weighted by molar-refractivity contribution is 7.18. The molecule has 0 amide bonds. The molecule has 0 saturated heterocycles. The van der Waals surface area contributed by atoms with E-state index in [1.807, 2.05) is 30.3 Å². The van der Waals surface area contributed by atoms with Crippen LogP contribution in [0, 0.1) is 0 Å². The Bertz CT molecular complexity index is 831. The van der Waals surface area contributed by atoms with Gasteiger partial charge in [-0.2, -0.15) is 4.68 Å². The molecule has 0 fully saturated rings. The predicted molar refractivity (Wildman–Crippen MR) is 75.1 cm³/mol. The fourth-order valence-electron chi connectivity index (χ4n) is 1.73.